The molecule has 0 unspecified atom stereocenters. The highest BCUT2D eigenvalue weighted by Gasteiger charge is 2.89. The van der Waals surface area contributed by atoms with Crippen LogP contribution in [0.4, 0.5) is 52.7 Å². The molecule has 0 aliphatic carbocycles. The van der Waals surface area contributed by atoms with Gasteiger partial charge < -0.3 is 0 Å². The van der Waals surface area contributed by atoms with E-state index in [2.05, 4.69) is 0 Å². The van der Waals surface area contributed by atoms with Gasteiger partial charge in [0, 0.05) is 0 Å². The lowest BCUT2D eigenvalue weighted by Crippen LogP contribution is -2.71. The van der Waals surface area contributed by atoms with Crippen molar-refractivity contribution in [2.75, 3.05) is 0 Å². The first-order valence-electron chi connectivity index (χ1n) is 4.81. The molecule has 0 bridgehead atoms. The fraction of sp³-hybridized carbons (Fsp3) is 0.875. The molecule has 0 amide bonds. The van der Waals surface area contributed by atoms with Gasteiger partial charge in [-0.15, -0.1) is 0 Å². The van der Waals surface area contributed by atoms with Crippen molar-refractivity contribution < 1.29 is 52.7 Å². The van der Waals surface area contributed by atoms with Gasteiger partial charge in [-0.2, -0.15) is 49.2 Å². The molecular formula is C8Br3F12N. The van der Waals surface area contributed by atoms with E-state index in [0.29, 0.717) is 31.9 Å². The third-order valence-corrected chi connectivity index (χ3v) is 4.96. The molecule has 0 saturated heterocycles. The smallest absolute Gasteiger partial charge is 0.217 e. The van der Waals surface area contributed by atoms with Gasteiger partial charge in [-0.05, 0) is 47.8 Å². The molecule has 2 atom stereocenters. The number of halogens is 15. The molecule has 0 aliphatic rings. The van der Waals surface area contributed by atoms with Gasteiger partial charge in [0.2, 0.25) is 0 Å². The minimum atomic E-state index is -7.16. The quantitative estimate of drug-likeness (QED) is 0.274. The maximum absolute atomic E-state index is 13.7. The standard InChI is InChI=1S/C8Br3F12N/c9-3(14,2(12,13)1-24)5(16,17)4(10,15)6(18,19)7(20,21)8(11,22)23/t3-,4+/m1/s1. The van der Waals surface area contributed by atoms with Crippen LogP contribution in [-0.2, 0) is 0 Å². The third kappa shape index (κ3) is 3.01. The van der Waals surface area contributed by atoms with Crippen LogP contribution in [0.15, 0.2) is 0 Å². The van der Waals surface area contributed by atoms with Gasteiger partial charge in [-0.3, -0.25) is 0 Å². The summed E-state index contributed by atoms with van der Waals surface area (Å²) in [6, 6.07) is -0.432. The summed E-state index contributed by atoms with van der Waals surface area (Å²) in [6.45, 7) is 0. The number of hydrogen-bond acceptors (Lipinski definition) is 1. The zero-order valence-electron chi connectivity index (χ0n) is 10.1. The molecule has 0 rings (SSSR count). The second kappa shape index (κ2) is 6.07. The Hall–Kier alpha value is 0.0900. The van der Waals surface area contributed by atoms with Crippen LogP contribution < -0.4 is 0 Å². The molecule has 0 aromatic heterocycles. The fourth-order valence-corrected chi connectivity index (χ4v) is 2.44. The molecule has 0 heterocycles. The highest BCUT2D eigenvalue weighted by atomic mass is 79.9. The first-order chi connectivity index (χ1) is 10.1. The Morgan fingerprint density at radius 1 is 0.542 bits per heavy atom. The molecule has 142 valence electrons. The molecule has 1 nitrogen and oxygen atoms in total. The van der Waals surface area contributed by atoms with Crippen LogP contribution >= 0.6 is 47.8 Å². The maximum Gasteiger partial charge on any atom is 0.386 e. The van der Waals surface area contributed by atoms with E-state index in [9.17, 15) is 52.7 Å². The Morgan fingerprint density at radius 2 is 0.875 bits per heavy atom. The van der Waals surface area contributed by atoms with Crippen molar-refractivity contribution in [1.82, 2.24) is 0 Å². The maximum atomic E-state index is 13.7. The van der Waals surface area contributed by atoms with Crippen molar-refractivity contribution in [2.45, 2.75) is 37.7 Å². The Labute approximate surface area is 149 Å². The van der Waals surface area contributed by atoms with Crippen LogP contribution in [0.2, 0.25) is 0 Å². The van der Waals surface area contributed by atoms with Crippen LogP contribution in [0.25, 0.3) is 0 Å². The Balaban J connectivity index is 6.48. The van der Waals surface area contributed by atoms with Crippen molar-refractivity contribution in [1.29, 1.82) is 5.26 Å². The SMILES string of the molecule is N#CC(F)(F)[C@](F)(Br)C(F)(F)[C@@](F)(Br)C(F)(F)C(F)(F)C(F)(F)Br. The number of rotatable bonds is 6. The Kier molecular flexibility index (Phi) is 6.09. The first-order valence-corrected chi connectivity index (χ1v) is 7.19. The summed E-state index contributed by atoms with van der Waals surface area (Å²) in [4.78, 5) is -6.01. The zero-order chi connectivity index (χ0) is 20.2. The monoisotopic (exact) mass is 575 g/mol. The van der Waals surface area contributed by atoms with Crippen molar-refractivity contribution in [3.63, 3.8) is 0 Å². The summed E-state index contributed by atoms with van der Waals surface area (Å²) in [5.41, 5.74) is 0. The predicted molar refractivity (Wildman–Crippen MR) is 64.8 cm³/mol. The lowest BCUT2D eigenvalue weighted by molar-refractivity contribution is -0.340. The van der Waals surface area contributed by atoms with Gasteiger partial charge in [0.1, 0.15) is 6.07 Å². The van der Waals surface area contributed by atoms with Gasteiger partial charge in [-0.25, -0.2) is 8.78 Å². The largest absolute Gasteiger partial charge is 0.386 e. The van der Waals surface area contributed by atoms with Crippen LogP contribution in [-0.4, -0.2) is 37.7 Å². The Morgan fingerprint density at radius 3 is 1.12 bits per heavy atom. The lowest BCUT2D eigenvalue weighted by atomic mass is 9.95. The van der Waals surface area contributed by atoms with Gasteiger partial charge in [0.25, 0.3) is 0 Å². The minimum absolute atomic E-state index is 0.432. The predicted octanol–water partition coefficient (Wildman–Crippen LogP) is 6.16. The molecule has 0 spiro atoms. The molecule has 0 fully saturated rings. The van der Waals surface area contributed by atoms with Gasteiger partial charge in [0.05, 0.1) is 0 Å². The van der Waals surface area contributed by atoms with E-state index in [-0.39, 0.29) is 0 Å². The number of nitrogens with zero attached hydrogens (tertiary/aromatic N) is 1. The molecule has 0 radical (unpaired) electrons. The van der Waals surface area contributed by atoms with Gasteiger partial charge >= 0.3 is 37.7 Å². The van der Waals surface area contributed by atoms with E-state index in [1.165, 1.54) is 0 Å². The summed E-state index contributed by atoms with van der Waals surface area (Å²) in [5.74, 6) is -26.9. The van der Waals surface area contributed by atoms with Crippen molar-refractivity contribution in [2.24, 2.45) is 0 Å². The first kappa shape index (κ1) is 24.1. The number of hydrogen-bond donors (Lipinski definition) is 0. The van der Waals surface area contributed by atoms with Gasteiger partial charge in [0.15, 0.2) is 0 Å². The average molecular weight is 578 g/mol. The number of alkyl halides is 15. The van der Waals surface area contributed by atoms with Crippen molar-refractivity contribution in [3.8, 4) is 6.07 Å². The second-order valence-electron chi connectivity index (χ2n) is 4.06. The van der Waals surface area contributed by atoms with E-state index < -0.39 is 43.7 Å². The minimum Gasteiger partial charge on any atom is -0.217 e. The fourth-order valence-electron chi connectivity index (χ4n) is 1.04. The van der Waals surface area contributed by atoms with Gasteiger partial charge in [-0.1, -0.05) is 0 Å². The molecule has 24 heavy (non-hydrogen) atoms. The summed E-state index contributed by atoms with van der Waals surface area (Å²) in [5, 5.41) is 7.85. The number of nitriles is 1. The zero-order valence-corrected chi connectivity index (χ0v) is 14.9. The Bertz CT molecular complexity index is 531. The second-order valence-corrected chi connectivity index (χ2v) is 7.24. The van der Waals surface area contributed by atoms with E-state index in [4.69, 9.17) is 5.26 Å². The molecule has 16 heteroatoms. The molecular weight excluding hydrogens is 578 g/mol. The summed E-state index contributed by atoms with van der Waals surface area (Å²) in [6.07, 6.45) is 0. The van der Waals surface area contributed by atoms with Crippen molar-refractivity contribution >= 4 is 47.8 Å². The van der Waals surface area contributed by atoms with Crippen LogP contribution in [0.3, 0.4) is 0 Å². The normalized spacial score (nSPS) is 20.1. The van der Waals surface area contributed by atoms with E-state index >= 15 is 0 Å². The highest BCUT2D eigenvalue weighted by Crippen LogP contribution is 2.65. The van der Waals surface area contributed by atoms with E-state index in [1.54, 1.807) is 0 Å². The summed E-state index contributed by atoms with van der Waals surface area (Å²) >= 11 is 2.09. The molecule has 0 N–H and O–H groups in total. The van der Waals surface area contributed by atoms with Crippen molar-refractivity contribution in [3.05, 3.63) is 0 Å². The van der Waals surface area contributed by atoms with Crippen LogP contribution in [0.1, 0.15) is 0 Å². The van der Waals surface area contributed by atoms with Crippen LogP contribution in [0, 0.1) is 11.3 Å². The van der Waals surface area contributed by atoms with Crippen LogP contribution in [0.5, 0.6) is 0 Å². The molecule has 0 saturated carbocycles. The van der Waals surface area contributed by atoms with E-state index in [1.807, 2.05) is 0 Å². The summed E-state index contributed by atoms with van der Waals surface area (Å²) in [7, 11) is 0. The average Bonchev–Trinajstić information content (AvgIpc) is 2.36. The lowest BCUT2D eigenvalue weighted by Gasteiger charge is -2.43. The molecule has 0 aromatic rings. The third-order valence-electron chi connectivity index (χ3n) is 2.47. The topological polar surface area (TPSA) is 23.8 Å². The van der Waals surface area contributed by atoms with E-state index in [0.717, 1.165) is 15.9 Å². The highest BCUT2D eigenvalue weighted by molar-refractivity contribution is 9.10. The molecule has 0 aliphatic heterocycles. The molecule has 0 aromatic carbocycles. The summed E-state index contributed by atoms with van der Waals surface area (Å²) < 4.78 is 145.